The fraction of sp³-hybridized carbons (Fsp3) is 0.600. The number of aromatic nitrogens is 1. The molecule has 19 heavy (non-hydrogen) atoms. The standard InChI is InChI=1S/C15H20BrNO2/c1-2-4-11(9-16)10-17-13-5-3-6-14(18)12(13)7-8-15(17)19/h7-8,11H,2-6,9-10H2,1H3. The van der Waals surface area contributed by atoms with Crippen molar-refractivity contribution in [1.29, 1.82) is 0 Å². The van der Waals surface area contributed by atoms with Gasteiger partial charge in [0.05, 0.1) is 0 Å². The summed E-state index contributed by atoms with van der Waals surface area (Å²) in [6.45, 7) is 2.87. The van der Waals surface area contributed by atoms with Crippen LogP contribution in [0.4, 0.5) is 0 Å². The molecule has 0 saturated heterocycles. The Kier molecular flexibility index (Phi) is 4.97. The van der Waals surface area contributed by atoms with E-state index in [1.54, 1.807) is 12.1 Å². The van der Waals surface area contributed by atoms with Gasteiger partial charge in [-0.2, -0.15) is 0 Å². The van der Waals surface area contributed by atoms with Crippen molar-refractivity contribution in [2.45, 2.75) is 45.6 Å². The minimum Gasteiger partial charge on any atom is -0.312 e. The summed E-state index contributed by atoms with van der Waals surface area (Å²) in [6, 6.07) is 3.25. The predicted octanol–water partition coefficient (Wildman–Crippen LogP) is 3.18. The van der Waals surface area contributed by atoms with Crippen molar-refractivity contribution in [3.63, 3.8) is 0 Å². The van der Waals surface area contributed by atoms with Gasteiger partial charge in [-0.25, -0.2) is 0 Å². The topological polar surface area (TPSA) is 39.1 Å². The Bertz CT molecular complexity index is 521. The molecule has 4 heteroatoms. The van der Waals surface area contributed by atoms with Crippen LogP contribution in [0, 0.1) is 5.92 Å². The van der Waals surface area contributed by atoms with E-state index in [0.29, 0.717) is 18.9 Å². The fourth-order valence-corrected chi connectivity index (χ4v) is 3.31. The lowest BCUT2D eigenvalue weighted by atomic mass is 9.94. The molecule has 0 amide bonds. The molecule has 3 nitrogen and oxygen atoms in total. The van der Waals surface area contributed by atoms with Gasteiger partial charge >= 0.3 is 0 Å². The van der Waals surface area contributed by atoms with Gasteiger partial charge in [-0.3, -0.25) is 9.59 Å². The van der Waals surface area contributed by atoms with E-state index in [2.05, 4.69) is 22.9 Å². The summed E-state index contributed by atoms with van der Waals surface area (Å²) in [7, 11) is 0. The first kappa shape index (κ1) is 14.5. The Morgan fingerprint density at radius 1 is 1.32 bits per heavy atom. The van der Waals surface area contributed by atoms with Crippen molar-refractivity contribution in [3.8, 4) is 0 Å². The number of Topliss-reactive ketones (excluding diaryl/α,β-unsaturated/α-hetero) is 1. The minimum atomic E-state index is 0.0236. The maximum absolute atomic E-state index is 12.1. The smallest absolute Gasteiger partial charge is 0.250 e. The number of fused-ring (bicyclic) bond motifs is 1. The molecule has 0 saturated carbocycles. The minimum absolute atomic E-state index is 0.0236. The van der Waals surface area contributed by atoms with Crippen molar-refractivity contribution in [2.24, 2.45) is 5.92 Å². The lowest BCUT2D eigenvalue weighted by Crippen LogP contribution is -2.30. The summed E-state index contributed by atoms with van der Waals surface area (Å²) in [5.41, 5.74) is 1.73. The van der Waals surface area contributed by atoms with E-state index in [0.717, 1.165) is 42.3 Å². The molecule has 2 rings (SSSR count). The molecule has 1 aliphatic carbocycles. The van der Waals surface area contributed by atoms with E-state index in [1.165, 1.54) is 0 Å². The van der Waals surface area contributed by atoms with E-state index in [1.807, 2.05) is 4.57 Å². The van der Waals surface area contributed by atoms with Crippen molar-refractivity contribution in [3.05, 3.63) is 33.7 Å². The third-order valence-electron chi connectivity index (χ3n) is 3.77. The first-order valence-corrected chi connectivity index (χ1v) is 8.11. The van der Waals surface area contributed by atoms with E-state index >= 15 is 0 Å². The number of pyridine rings is 1. The molecule has 0 aliphatic heterocycles. The number of hydrogen-bond acceptors (Lipinski definition) is 2. The first-order chi connectivity index (χ1) is 9.17. The fourth-order valence-electron chi connectivity index (χ4n) is 2.78. The molecule has 1 atom stereocenters. The second-order valence-corrected chi connectivity index (χ2v) is 5.88. The summed E-state index contributed by atoms with van der Waals surface area (Å²) >= 11 is 3.52. The maximum atomic E-state index is 12.1. The van der Waals surface area contributed by atoms with Gasteiger partial charge in [0.1, 0.15) is 0 Å². The number of hydrogen-bond donors (Lipinski definition) is 0. The lowest BCUT2D eigenvalue weighted by molar-refractivity contribution is 0.0970. The maximum Gasteiger partial charge on any atom is 0.250 e. The van der Waals surface area contributed by atoms with Gasteiger partial charge in [0, 0.05) is 35.6 Å². The summed E-state index contributed by atoms with van der Waals surface area (Å²) in [5, 5.41) is 0.894. The zero-order valence-corrected chi connectivity index (χ0v) is 12.9. The Balaban J connectivity index is 2.36. The second kappa shape index (κ2) is 6.51. The van der Waals surface area contributed by atoms with Crippen molar-refractivity contribution < 1.29 is 4.79 Å². The van der Waals surface area contributed by atoms with Crippen molar-refractivity contribution >= 4 is 21.7 Å². The first-order valence-electron chi connectivity index (χ1n) is 6.99. The van der Waals surface area contributed by atoms with Crippen LogP contribution in [-0.4, -0.2) is 15.7 Å². The molecule has 0 aromatic carbocycles. The molecule has 1 aliphatic rings. The highest BCUT2D eigenvalue weighted by Gasteiger charge is 2.21. The van der Waals surface area contributed by atoms with Crippen LogP contribution in [0.2, 0.25) is 0 Å². The molecule has 104 valence electrons. The molecule has 1 heterocycles. The summed E-state index contributed by atoms with van der Waals surface area (Å²) < 4.78 is 1.83. The molecule has 1 aromatic rings. The van der Waals surface area contributed by atoms with Crippen LogP contribution in [0.15, 0.2) is 16.9 Å². The third kappa shape index (κ3) is 3.16. The average Bonchev–Trinajstić information content (AvgIpc) is 2.41. The highest BCUT2D eigenvalue weighted by Crippen LogP contribution is 2.21. The molecular formula is C15H20BrNO2. The van der Waals surface area contributed by atoms with Gasteiger partial charge in [-0.05, 0) is 31.2 Å². The van der Waals surface area contributed by atoms with Crippen LogP contribution in [0.5, 0.6) is 0 Å². The van der Waals surface area contributed by atoms with E-state index in [-0.39, 0.29) is 11.3 Å². The average molecular weight is 326 g/mol. The summed E-state index contributed by atoms with van der Waals surface area (Å²) in [5.74, 6) is 0.632. The normalized spacial score (nSPS) is 16.2. The van der Waals surface area contributed by atoms with Gasteiger partial charge in [-0.15, -0.1) is 0 Å². The highest BCUT2D eigenvalue weighted by atomic mass is 79.9. The number of nitrogens with zero attached hydrogens (tertiary/aromatic N) is 1. The molecule has 1 unspecified atom stereocenters. The zero-order valence-electron chi connectivity index (χ0n) is 11.3. The Labute approximate surface area is 122 Å². The third-order valence-corrected chi connectivity index (χ3v) is 4.68. The van der Waals surface area contributed by atoms with Crippen LogP contribution >= 0.6 is 15.9 Å². The van der Waals surface area contributed by atoms with Crippen LogP contribution in [0.25, 0.3) is 0 Å². The van der Waals surface area contributed by atoms with E-state index < -0.39 is 0 Å². The number of alkyl halides is 1. The largest absolute Gasteiger partial charge is 0.312 e. The Morgan fingerprint density at radius 3 is 2.79 bits per heavy atom. The van der Waals surface area contributed by atoms with Crippen molar-refractivity contribution in [1.82, 2.24) is 4.57 Å². The quantitative estimate of drug-likeness (QED) is 0.780. The van der Waals surface area contributed by atoms with Crippen LogP contribution < -0.4 is 5.56 Å². The van der Waals surface area contributed by atoms with Crippen LogP contribution in [-0.2, 0) is 13.0 Å². The van der Waals surface area contributed by atoms with E-state index in [4.69, 9.17) is 0 Å². The number of carbonyl (C=O) groups is 1. The number of rotatable bonds is 5. The number of carbonyl (C=O) groups excluding carboxylic acids is 1. The Morgan fingerprint density at radius 2 is 2.11 bits per heavy atom. The van der Waals surface area contributed by atoms with Gasteiger partial charge in [-0.1, -0.05) is 29.3 Å². The zero-order chi connectivity index (χ0) is 13.8. The molecule has 0 bridgehead atoms. The SMILES string of the molecule is CCCC(CBr)Cn1c2c(ccc1=O)C(=O)CCC2. The van der Waals surface area contributed by atoms with Gasteiger partial charge in [0.15, 0.2) is 5.78 Å². The Hall–Kier alpha value is -0.900. The van der Waals surface area contributed by atoms with Gasteiger partial charge < -0.3 is 4.57 Å². The molecule has 0 fully saturated rings. The molecular weight excluding hydrogens is 306 g/mol. The molecule has 0 N–H and O–H groups in total. The van der Waals surface area contributed by atoms with E-state index in [9.17, 15) is 9.59 Å². The summed E-state index contributed by atoms with van der Waals surface area (Å²) in [4.78, 5) is 24.0. The van der Waals surface area contributed by atoms with Crippen molar-refractivity contribution in [2.75, 3.05) is 5.33 Å². The number of ketones is 1. The molecule has 0 radical (unpaired) electrons. The highest BCUT2D eigenvalue weighted by molar-refractivity contribution is 9.09. The van der Waals surface area contributed by atoms with Gasteiger partial charge in [0.2, 0.25) is 0 Å². The lowest BCUT2D eigenvalue weighted by Gasteiger charge is -2.22. The number of halogens is 1. The summed E-state index contributed by atoms with van der Waals surface area (Å²) in [6.07, 6.45) is 4.52. The second-order valence-electron chi connectivity index (χ2n) is 5.23. The van der Waals surface area contributed by atoms with Crippen LogP contribution in [0.1, 0.15) is 48.7 Å². The predicted molar refractivity (Wildman–Crippen MR) is 80.2 cm³/mol. The van der Waals surface area contributed by atoms with Gasteiger partial charge in [0.25, 0.3) is 5.56 Å². The monoisotopic (exact) mass is 325 g/mol. The van der Waals surface area contributed by atoms with Crippen LogP contribution in [0.3, 0.4) is 0 Å². The molecule has 0 spiro atoms. The molecule has 1 aromatic heterocycles.